The van der Waals surface area contributed by atoms with Crippen LogP contribution in [0, 0.1) is 0 Å². The highest BCUT2D eigenvalue weighted by atomic mass is 16.3. The maximum absolute atomic E-state index is 5.39. The monoisotopic (exact) mass is 175 g/mol. The molecule has 3 aromatic rings. The van der Waals surface area contributed by atoms with Crippen molar-refractivity contribution >= 4 is 21.9 Å². The van der Waals surface area contributed by atoms with E-state index >= 15 is 0 Å². The maximum Gasteiger partial charge on any atom is 1.00 e. The van der Waals surface area contributed by atoms with Crippen molar-refractivity contribution in [3.63, 3.8) is 0 Å². The summed E-state index contributed by atoms with van der Waals surface area (Å²) in [6, 6.07) is 9.90. The van der Waals surface area contributed by atoms with E-state index in [2.05, 4.69) is 4.98 Å². The van der Waals surface area contributed by atoms with Gasteiger partial charge >= 0.3 is 8.56 Å². The third-order valence-corrected chi connectivity index (χ3v) is 2.19. The average molecular weight is 175 g/mol. The first-order valence-electron chi connectivity index (χ1n) is 4.16. The molecule has 0 spiro atoms. The summed E-state index contributed by atoms with van der Waals surface area (Å²) < 4.78 is 5.39. The van der Waals surface area contributed by atoms with Crippen molar-refractivity contribution in [2.45, 2.75) is 0 Å². The van der Waals surface area contributed by atoms with Crippen molar-refractivity contribution in [3.8, 4) is 0 Å². The van der Waals surface area contributed by atoms with Crippen molar-refractivity contribution in [1.82, 2.24) is 4.98 Å². The number of nitrogens with zero attached hydrogens (tertiary/aromatic N) is 1. The minimum absolute atomic E-state index is 0. The molecule has 2 heteroatoms. The first-order valence-corrected chi connectivity index (χ1v) is 4.16. The summed E-state index contributed by atoms with van der Waals surface area (Å²) in [7, 11) is 0. The lowest BCUT2D eigenvalue weighted by atomic mass is 10.2. The fourth-order valence-electron chi connectivity index (χ4n) is 1.56. The molecule has 0 amide bonds. The van der Waals surface area contributed by atoms with Gasteiger partial charge in [-0.2, -0.15) is 0 Å². The SMILES string of the molecule is [H+].[H+].[H+].[H+].[H+].[H+].c1ccc2c(c1)ncc1ccoc12. The summed E-state index contributed by atoms with van der Waals surface area (Å²) >= 11 is 0. The first kappa shape index (κ1) is 6.66. The van der Waals surface area contributed by atoms with Crippen LogP contribution < -0.4 is 0 Å². The number of hydrogen-bond acceptors (Lipinski definition) is 2. The van der Waals surface area contributed by atoms with E-state index in [1.807, 2.05) is 36.5 Å². The second kappa shape index (κ2) is 2.33. The molecule has 0 fully saturated rings. The zero-order valence-corrected chi connectivity index (χ0v) is 6.90. The number of fused-ring (bicyclic) bond motifs is 3. The van der Waals surface area contributed by atoms with Gasteiger partial charge < -0.3 is 4.42 Å². The Balaban J connectivity index is -0.000000187. The molecule has 2 aromatic heterocycles. The highest BCUT2D eigenvalue weighted by molar-refractivity contribution is 6.01. The van der Waals surface area contributed by atoms with Gasteiger partial charge in [0, 0.05) is 17.0 Å². The normalized spacial score (nSPS) is 11.1. The van der Waals surface area contributed by atoms with E-state index in [1.54, 1.807) is 6.26 Å². The highest BCUT2D eigenvalue weighted by Crippen LogP contribution is 2.23. The number of benzene rings is 1. The number of aromatic nitrogens is 1. The fraction of sp³-hybridized carbons (Fsp3) is 0. The Kier molecular flexibility index (Phi) is 1.19. The van der Waals surface area contributed by atoms with E-state index in [-0.39, 0.29) is 8.56 Å². The Morgan fingerprint density at radius 2 is 2.08 bits per heavy atom. The molecular formula is C11H13NO+6. The van der Waals surface area contributed by atoms with Crippen LogP contribution in [0.25, 0.3) is 21.9 Å². The Labute approximate surface area is 83.7 Å². The quantitative estimate of drug-likeness (QED) is 0.521. The lowest BCUT2D eigenvalue weighted by Gasteiger charge is -1.95. The number of furan rings is 1. The topological polar surface area (TPSA) is 26.0 Å². The van der Waals surface area contributed by atoms with Crippen LogP contribution in [0.15, 0.2) is 47.2 Å². The molecule has 0 saturated heterocycles. The predicted molar refractivity (Wildman–Crippen MR) is 58.2 cm³/mol. The number of rotatable bonds is 0. The summed E-state index contributed by atoms with van der Waals surface area (Å²) in [6.45, 7) is 0. The van der Waals surface area contributed by atoms with Crippen molar-refractivity contribution in [1.29, 1.82) is 0 Å². The van der Waals surface area contributed by atoms with Gasteiger partial charge in [-0.25, -0.2) is 0 Å². The van der Waals surface area contributed by atoms with Crippen molar-refractivity contribution in [2.75, 3.05) is 0 Å². The van der Waals surface area contributed by atoms with E-state index in [4.69, 9.17) is 4.42 Å². The molecule has 13 heavy (non-hydrogen) atoms. The third-order valence-electron chi connectivity index (χ3n) is 2.19. The second-order valence-electron chi connectivity index (χ2n) is 2.98. The first-order chi connectivity index (χ1) is 6.45. The minimum atomic E-state index is 0. The molecule has 0 aliphatic rings. The van der Waals surface area contributed by atoms with E-state index < -0.39 is 0 Å². The van der Waals surface area contributed by atoms with Gasteiger partial charge in [0.2, 0.25) is 0 Å². The summed E-state index contributed by atoms with van der Waals surface area (Å²) in [5.41, 5.74) is 1.90. The van der Waals surface area contributed by atoms with E-state index in [9.17, 15) is 0 Å². The second-order valence-corrected chi connectivity index (χ2v) is 2.98. The van der Waals surface area contributed by atoms with Gasteiger partial charge in [-0.05, 0) is 18.2 Å². The van der Waals surface area contributed by atoms with E-state index in [0.29, 0.717) is 0 Å². The highest BCUT2D eigenvalue weighted by Gasteiger charge is 2.02. The lowest BCUT2D eigenvalue weighted by Crippen LogP contribution is -1.76. The van der Waals surface area contributed by atoms with Crippen LogP contribution in [0.1, 0.15) is 8.56 Å². The van der Waals surface area contributed by atoms with Crippen molar-refractivity contribution < 1.29 is 13.0 Å². The number of hydrogen-bond donors (Lipinski definition) is 0. The zero-order chi connectivity index (χ0) is 8.67. The van der Waals surface area contributed by atoms with Gasteiger partial charge in [-0.15, -0.1) is 0 Å². The summed E-state index contributed by atoms with van der Waals surface area (Å²) in [4.78, 5) is 4.32. The molecular weight excluding hydrogens is 162 g/mol. The smallest absolute Gasteiger partial charge is 0.464 e. The molecule has 2 nitrogen and oxygen atoms in total. The Hall–Kier alpha value is -1.83. The molecule has 0 aliphatic carbocycles. The zero-order valence-electron chi connectivity index (χ0n) is 12.9. The Morgan fingerprint density at radius 3 is 3.08 bits per heavy atom. The molecule has 62 valence electrons. The molecule has 0 saturated carbocycles. The fourth-order valence-corrected chi connectivity index (χ4v) is 1.56. The van der Waals surface area contributed by atoms with Crippen molar-refractivity contribution in [2.24, 2.45) is 0 Å². The van der Waals surface area contributed by atoms with Crippen LogP contribution in [0.4, 0.5) is 0 Å². The number of pyridine rings is 1. The van der Waals surface area contributed by atoms with Crippen LogP contribution in [0.3, 0.4) is 0 Å². The lowest BCUT2D eigenvalue weighted by molar-refractivity contribution is 0.619. The maximum atomic E-state index is 5.39. The molecule has 0 radical (unpaired) electrons. The van der Waals surface area contributed by atoms with Gasteiger partial charge in [0.25, 0.3) is 0 Å². The van der Waals surface area contributed by atoms with Crippen LogP contribution in [0.5, 0.6) is 0 Å². The summed E-state index contributed by atoms with van der Waals surface area (Å²) in [5, 5.41) is 2.13. The van der Waals surface area contributed by atoms with Crippen LogP contribution in [-0.4, -0.2) is 4.98 Å². The standard InChI is InChI=1S/C11H7NO/c1-2-4-10-9(3-1)11-8(7-12-10)5-6-13-11/h1-7H/p+6. The Bertz CT molecular complexity index is 585. The van der Waals surface area contributed by atoms with E-state index in [1.165, 1.54) is 0 Å². The summed E-state index contributed by atoms with van der Waals surface area (Å²) in [5.74, 6) is 0. The van der Waals surface area contributed by atoms with E-state index in [0.717, 1.165) is 21.9 Å². The van der Waals surface area contributed by atoms with Crippen molar-refractivity contribution in [3.05, 3.63) is 42.8 Å². The average Bonchev–Trinajstić information content (AvgIpc) is 2.65. The largest absolute Gasteiger partial charge is 1.00 e. The molecule has 1 aromatic carbocycles. The molecule has 0 unspecified atom stereocenters. The molecule has 0 aliphatic heterocycles. The van der Waals surface area contributed by atoms with Crippen LogP contribution in [0.2, 0.25) is 0 Å². The molecule has 0 atom stereocenters. The van der Waals surface area contributed by atoms with Gasteiger partial charge in [0.1, 0.15) is 5.58 Å². The molecule has 2 heterocycles. The van der Waals surface area contributed by atoms with Gasteiger partial charge in [0.05, 0.1) is 11.8 Å². The predicted octanol–water partition coefficient (Wildman–Crippen LogP) is 3.66. The van der Waals surface area contributed by atoms with Crippen LogP contribution >= 0.6 is 0 Å². The van der Waals surface area contributed by atoms with Crippen LogP contribution in [-0.2, 0) is 0 Å². The van der Waals surface area contributed by atoms with Gasteiger partial charge in [-0.3, -0.25) is 4.98 Å². The number of para-hydroxylation sites is 1. The minimum Gasteiger partial charge on any atom is -0.464 e. The summed E-state index contributed by atoms with van der Waals surface area (Å²) in [6.07, 6.45) is 3.53. The molecule has 0 N–H and O–H groups in total. The third kappa shape index (κ3) is 0.855. The van der Waals surface area contributed by atoms with Gasteiger partial charge in [0.15, 0.2) is 0 Å². The molecule has 3 rings (SSSR count). The molecule has 0 bridgehead atoms. The van der Waals surface area contributed by atoms with Gasteiger partial charge in [-0.1, -0.05) is 12.1 Å². The Morgan fingerprint density at radius 1 is 1.15 bits per heavy atom.